The molecule has 8 nitrogen and oxygen atoms in total. The molecule has 82 heavy (non-hydrogen) atoms. The smallest absolute Gasteiger partial charge is 0.393 e. The molecule has 1 heterocycles. The van der Waals surface area contributed by atoms with Crippen molar-refractivity contribution in [2.75, 3.05) is 12.4 Å². The van der Waals surface area contributed by atoms with Crippen LogP contribution in [0.4, 0.5) is 26.3 Å². The van der Waals surface area contributed by atoms with Gasteiger partial charge < -0.3 is 20.1 Å². The van der Waals surface area contributed by atoms with Crippen LogP contribution in [0, 0.1) is 80.8 Å². The quantitative estimate of drug-likeness (QED) is 0.121. The Morgan fingerprint density at radius 3 is 1.40 bits per heavy atom. The fraction of sp³-hybridized carbons (Fsp3) is 0.758. The average molecular weight is 1200 g/mol. The van der Waals surface area contributed by atoms with E-state index in [-0.39, 0.29) is 98.0 Å². The molecule has 11 rings (SSSR count). The van der Waals surface area contributed by atoms with Crippen LogP contribution in [0.25, 0.3) is 0 Å². The number of fused-ring (bicyclic) bond motifs is 10. The Balaban J connectivity index is 0.000000217. The Morgan fingerprint density at radius 1 is 0.598 bits per heavy atom. The molecule has 2 aromatic rings. The summed E-state index contributed by atoms with van der Waals surface area (Å²) in [6.45, 7) is 17.8. The average Bonchev–Trinajstić information content (AvgIpc) is 2.16. The van der Waals surface area contributed by atoms with Crippen molar-refractivity contribution in [3.8, 4) is 0 Å². The Morgan fingerprint density at radius 2 is 1.00 bits per heavy atom. The van der Waals surface area contributed by atoms with E-state index < -0.39 is 54.6 Å². The van der Waals surface area contributed by atoms with Crippen LogP contribution < -0.4 is 0 Å². The van der Waals surface area contributed by atoms with Crippen molar-refractivity contribution in [3.05, 3.63) is 84.0 Å². The van der Waals surface area contributed by atoms with Crippen molar-refractivity contribution in [3.63, 3.8) is 0 Å². The maximum atomic E-state index is 13.9. The van der Waals surface area contributed by atoms with Crippen molar-refractivity contribution in [1.29, 1.82) is 0 Å². The predicted octanol–water partition coefficient (Wildman–Crippen LogP) is 15.8. The maximum absolute atomic E-state index is 13.9. The lowest BCUT2D eigenvalue weighted by molar-refractivity contribution is -0.271. The fourth-order valence-corrected chi connectivity index (χ4v) is 22.8. The van der Waals surface area contributed by atoms with Gasteiger partial charge in [-0.05, 0) is 215 Å². The van der Waals surface area contributed by atoms with E-state index in [1.165, 1.54) is 0 Å². The van der Waals surface area contributed by atoms with Gasteiger partial charge >= 0.3 is 12.4 Å². The van der Waals surface area contributed by atoms with Crippen LogP contribution >= 0.6 is 0 Å². The zero-order valence-corrected chi connectivity index (χ0v) is 50.0. The van der Waals surface area contributed by atoms with E-state index in [0.29, 0.717) is 64.2 Å². The summed E-state index contributed by atoms with van der Waals surface area (Å²) in [5.41, 5.74) is -4.30. The summed E-state index contributed by atoms with van der Waals surface area (Å²) < 4.78 is 140. The Labute approximate surface area is 488 Å². The molecule has 0 bridgehead atoms. The van der Waals surface area contributed by atoms with E-state index in [4.69, 9.17) is 4.74 Å². The zero-order valence-electron chi connectivity index (χ0n) is 48.3. The van der Waals surface area contributed by atoms with Crippen LogP contribution in [0.3, 0.4) is 0 Å². The lowest BCUT2D eigenvalue weighted by Crippen LogP contribution is -2.56. The van der Waals surface area contributed by atoms with E-state index in [1.807, 2.05) is 18.2 Å². The molecule has 3 N–H and O–H groups in total. The monoisotopic (exact) mass is 1200 g/mol. The molecule has 19 atom stereocenters. The van der Waals surface area contributed by atoms with Crippen molar-refractivity contribution in [2.24, 2.45) is 80.8 Å². The number of aliphatic hydroxyl groups is 3. The van der Waals surface area contributed by atoms with E-state index in [9.17, 15) is 58.5 Å². The number of hydrogen-bond acceptors (Lipinski definition) is 8. The molecule has 0 spiro atoms. The molecule has 464 valence electrons. The summed E-state index contributed by atoms with van der Waals surface area (Å²) >= 11 is 0. The van der Waals surface area contributed by atoms with Crippen LogP contribution in [0.1, 0.15) is 179 Å². The van der Waals surface area contributed by atoms with E-state index >= 15 is 0 Å². The van der Waals surface area contributed by atoms with Gasteiger partial charge in [-0.25, -0.2) is 16.8 Å². The number of hydrogen-bond donors (Lipinski definition) is 3. The lowest BCUT2D eigenvalue weighted by Gasteiger charge is -2.59. The number of alkyl halides is 6. The SMILES string of the molecule is C.C.C[C@@H]1CO1.C[C@H](C(C[C@@H](C)O)S(=O)(=O)c1ccccc1)[C@H]1CC[C@H]2[C@@H]3CC=C4C[C@](O)(C(F)(F)F)CC[C@]4(C)[C@H]3CC[C@]12C.C[C@H](CS(=O)(=O)c1ccccc1)[C@H]1CC[C@H]2[C@@H]3CC=C4C[C@](O)(C(F)(F)F)CC[C@]4(C)[C@H]3CC[C@]12C. The third kappa shape index (κ3) is 12.0. The molecule has 16 heteroatoms. The summed E-state index contributed by atoms with van der Waals surface area (Å²) in [6, 6.07) is 17.2. The van der Waals surface area contributed by atoms with Crippen molar-refractivity contribution >= 4 is 19.7 Å². The fourth-order valence-electron chi connectivity index (χ4n) is 18.9. The van der Waals surface area contributed by atoms with Gasteiger partial charge in [0.1, 0.15) is 0 Å². The summed E-state index contributed by atoms with van der Waals surface area (Å²) in [5.74, 6) is 2.76. The first-order chi connectivity index (χ1) is 37.2. The Bertz CT molecular complexity index is 2820. The maximum Gasteiger partial charge on any atom is 0.417 e. The highest BCUT2D eigenvalue weighted by molar-refractivity contribution is 7.92. The van der Waals surface area contributed by atoms with Gasteiger partial charge in [-0.3, -0.25) is 0 Å². The molecule has 0 aromatic heterocycles. The van der Waals surface area contributed by atoms with Crippen LogP contribution in [0.5, 0.6) is 0 Å². The van der Waals surface area contributed by atoms with Crippen LogP contribution in [0.2, 0.25) is 0 Å². The first kappa shape index (κ1) is 66.8. The van der Waals surface area contributed by atoms with E-state index in [0.717, 1.165) is 82.0 Å². The van der Waals surface area contributed by atoms with Gasteiger partial charge in [0.15, 0.2) is 30.9 Å². The molecular formula is C66H98F6O8S2. The molecule has 8 aliphatic carbocycles. The minimum absolute atomic E-state index is 0. The van der Waals surface area contributed by atoms with Crippen molar-refractivity contribution in [2.45, 2.75) is 230 Å². The predicted molar refractivity (Wildman–Crippen MR) is 312 cm³/mol. The van der Waals surface area contributed by atoms with Crippen LogP contribution in [-0.2, 0) is 24.4 Å². The van der Waals surface area contributed by atoms with E-state index in [2.05, 4.69) is 48.5 Å². The molecule has 1 saturated heterocycles. The Hall–Kier alpha value is -2.76. The standard InChI is InChI=1S/C32H45F3O4S.C29H39F3O3S.C3H6O.2CH4/c1-20(36)18-28(40(38,39)23-8-6-5-7-9-23)21(2)25-12-13-26-24-11-10-22-19-31(37,32(33,34)35)17-16-29(22,3)27(24)14-15-30(25,26)4;1-19(18-36(34,35)21-7-5-4-6-8-21)23-11-12-24-22-10-9-20-17-28(33,29(30,31)32)16-15-26(20,2)25(22)13-14-27(23,24)3;1-3-2-4-3;;/h5-10,20-21,24-28,36-37H,11-19H2,1-4H3;4-9,19,22-25,33H,10-18H2,1-3H3;3H,2H2,1H3;2*1H4/t20-,21+,24+,25-,26+,27+,28?,29+,30-,31+;19-,22+,23-,24+,25+,26+,27-,28+;3-;;/m111../s1. The summed E-state index contributed by atoms with van der Waals surface area (Å²) in [6.07, 6.45) is 3.70. The molecule has 7 fully saturated rings. The molecule has 9 aliphatic rings. The highest BCUT2D eigenvalue weighted by Gasteiger charge is 2.66. The lowest BCUT2D eigenvalue weighted by atomic mass is 9.46. The summed E-state index contributed by atoms with van der Waals surface area (Å²) in [5, 5.41) is 30.5. The Kier molecular flexibility index (Phi) is 19.3. The topological polar surface area (TPSA) is 142 Å². The third-order valence-corrected chi connectivity index (χ3v) is 27.9. The summed E-state index contributed by atoms with van der Waals surface area (Å²) in [7, 11) is -7.01. The number of halogens is 6. The molecule has 6 saturated carbocycles. The normalized spacial score (nSPS) is 39.8. The second kappa shape index (κ2) is 23.7. The van der Waals surface area contributed by atoms with Crippen molar-refractivity contribution in [1.82, 2.24) is 0 Å². The number of aliphatic hydroxyl groups excluding tert-OH is 1. The van der Waals surface area contributed by atoms with Gasteiger partial charge in [-0.1, -0.05) is 116 Å². The van der Waals surface area contributed by atoms with Gasteiger partial charge in [0.05, 0.1) is 39.6 Å². The van der Waals surface area contributed by atoms with Crippen LogP contribution in [-0.4, -0.2) is 85.5 Å². The van der Waals surface area contributed by atoms with Crippen molar-refractivity contribution < 1.29 is 63.2 Å². The van der Waals surface area contributed by atoms with Gasteiger partial charge in [0, 0.05) is 12.8 Å². The van der Waals surface area contributed by atoms with Gasteiger partial charge in [-0.15, -0.1) is 0 Å². The van der Waals surface area contributed by atoms with Gasteiger partial charge in [0.25, 0.3) is 0 Å². The molecule has 0 radical (unpaired) electrons. The number of epoxide rings is 1. The second-order valence-electron chi connectivity index (χ2n) is 27.9. The molecule has 1 aliphatic heterocycles. The molecule has 1 unspecified atom stereocenters. The zero-order chi connectivity index (χ0) is 58.4. The molecule has 2 aromatic carbocycles. The number of rotatable bonds is 10. The molecular weight excluding hydrogens is 1100 g/mol. The third-order valence-electron chi connectivity index (χ3n) is 23.6. The number of allylic oxidation sites excluding steroid dienone is 2. The molecule has 0 amide bonds. The largest absolute Gasteiger partial charge is 0.417 e. The minimum atomic E-state index is -4.63. The first-order valence-corrected chi connectivity index (χ1v) is 33.2. The minimum Gasteiger partial charge on any atom is -0.393 e. The second-order valence-corrected chi connectivity index (χ2v) is 32.1. The number of sulfone groups is 2. The number of benzene rings is 2. The summed E-state index contributed by atoms with van der Waals surface area (Å²) in [4.78, 5) is 0.680. The van der Waals surface area contributed by atoms with Crippen LogP contribution in [0.15, 0.2) is 93.8 Å². The first-order valence-electron chi connectivity index (χ1n) is 30.0. The van der Waals surface area contributed by atoms with Gasteiger partial charge in [-0.2, -0.15) is 26.3 Å². The van der Waals surface area contributed by atoms with Gasteiger partial charge in [0.2, 0.25) is 0 Å². The number of ether oxygens (including phenoxy) is 1. The van der Waals surface area contributed by atoms with E-state index in [1.54, 1.807) is 61.5 Å². The highest BCUT2D eigenvalue weighted by Crippen LogP contribution is 2.70. The highest BCUT2D eigenvalue weighted by atomic mass is 32.2.